The third kappa shape index (κ3) is 3.33. The number of rotatable bonds is 6. The van der Waals surface area contributed by atoms with E-state index < -0.39 is 0 Å². The maximum atomic E-state index is 4.10. The van der Waals surface area contributed by atoms with Crippen LogP contribution < -0.4 is 5.32 Å². The van der Waals surface area contributed by atoms with Crippen LogP contribution >= 0.6 is 0 Å². The molecule has 1 saturated carbocycles. The van der Waals surface area contributed by atoms with Gasteiger partial charge in [0.25, 0.3) is 0 Å². The number of likely N-dealkylation sites (tertiary alicyclic amines) is 1. The molecule has 0 bridgehead atoms. The van der Waals surface area contributed by atoms with E-state index in [4.69, 9.17) is 0 Å². The molecule has 18 heavy (non-hydrogen) atoms. The van der Waals surface area contributed by atoms with Gasteiger partial charge < -0.3 is 9.88 Å². The van der Waals surface area contributed by atoms with Gasteiger partial charge in [0.05, 0.1) is 6.33 Å². The number of nitrogens with zero attached hydrogens (tertiary/aromatic N) is 3. The van der Waals surface area contributed by atoms with E-state index >= 15 is 0 Å². The zero-order chi connectivity index (χ0) is 12.2. The van der Waals surface area contributed by atoms with E-state index in [1.165, 1.54) is 45.2 Å². The van der Waals surface area contributed by atoms with Crippen LogP contribution in [0.4, 0.5) is 0 Å². The first-order valence-electron chi connectivity index (χ1n) is 7.35. The second-order valence-electron chi connectivity index (χ2n) is 5.67. The van der Waals surface area contributed by atoms with Gasteiger partial charge in [0.2, 0.25) is 0 Å². The molecule has 1 aromatic rings. The molecule has 4 heteroatoms. The van der Waals surface area contributed by atoms with Gasteiger partial charge in [0.1, 0.15) is 0 Å². The van der Waals surface area contributed by atoms with Gasteiger partial charge in [-0.2, -0.15) is 0 Å². The molecule has 1 aromatic heterocycles. The van der Waals surface area contributed by atoms with Crippen LogP contribution in [-0.4, -0.2) is 46.2 Å². The first kappa shape index (κ1) is 12.2. The molecule has 100 valence electrons. The quantitative estimate of drug-likeness (QED) is 0.828. The second-order valence-corrected chi connectivity index (χ2v) is 5.67. The third-order valence-corrected chi connectivity index (χ3v) is 4.17. The number of hydrogen-bond donors (Lipinski definition) is 1. The van der Waals surface area contributed by atoms with Gasteiger partial charge in [-0.3, -0.25) is 4.90 Å². The second kappa shape index (κ2) is 5.85. The number of aromatic nitrogens is 2. The average Bonchev–Trinajstić information content (AvgIpc) is 3.09. The predicted octanol–water partition coefficient (Wildman–Crippen LogP) is 1.49. The molecule has 0 radical (unpaired) electrons. The summed E-state index contributed by atoms with van der Waals surface area (Å²) in [5, 5.41) is 3.69. The Morgan fingerprint density at radius 2 is 2.11 bits per heavy atom. The van der Waals surface area contributed by atoms with Crippen molar-refractivity contribution in [3.63, 3.8) is 0 Å². The van der Waals surface area contributed by atoms with Crippen molar-refractivity contribution in [2.45, 2.75) is 50.7 Å². The minimum atomic E-state index is 0.753. The van der Waals surface area contributed by atoms with Gasteiger partial charge >= 0.3 is 0 Å². The Bertz CT molecular complexity index is 345. The normalized spacial score (nSPS) is 25.4. The van der Waals surface area contributed by atoms with Crippen molar-refractivity contribution in [2.24, 2.45) is 0 Å². The lowest BCUT2D eigenvalue weighted by Crippen LogP contribution is -2.47. The minimum absolute atomic E-state index is 0.753. The molecule has 1 aliphatic carbocycles. The molecule has 1 N–H and O–H groups in total. The Kier molecular flexibility index (Phi) is 3.96. The largest absolute Gasteiger partial charge is 0.336 e. The van der Waals surface area contributed by atoms with Crippen molar-refractivity contribution in [2.75, 3.05) is 19.6 Å². The SMILES string of the molecule is c1cn(CCN2CCCCC2CNC2CC2)cn1. The highest BCUT2D eigenvalue weighted by Gasteiger charge is 2.26. The lowest BCUT2D eigenvalue weighted by atomic mass is 10.0. The Hall–Kier alpha value is -0.870. The maximum absolute atomic E-state index is 4.10. The molecule has 1 atom stereocenters. The topological polar surface area (TPSA) is 33.1 Å². The van der Waals surface area contributed by atoms with Crippen LogP contribution in [0, 0.1) is 0 Å². The minimum Gasteiger partial charge on any atom is -0.336 e. The molecular formula is C14H24N4. The Labute approximate surface area is 109 Å². The molecule has 0 aromatic carbocycles. The highest BCUT2D eigenvalue weighted by molar-refractivity contribution is 4.86. The lowest BCUT2D eigenvalue weighted by molar-refractivity contribution is 0.140. The summed E-state index contributed by atoms with van der Waals surface area (Å²) in [4.78, 5) is 6.77. The Balaban J connectivity index is 1.47. The fraction of sp³-hybridized carbons (Fsp3) is 0.786. The fourth-order valence-corrected chi connectivity index (χ4v) is 2.84. The van der Waals surface area contributed by atoms with Crippen molar-refractivity contribution in [3.8, 4) is 0 Å². The summed E-state index contributed by atoms with van der Waals surface area (Å²) in [5.41, 5.74) is 0. The van der Waals surface area contributed by atoms with Crippen LogP contribution in [0.15, 0.2) is 18.7 Å². The van der Waals surface area contributed by atoms with Gasteiger partial charge in [-0.25, -0.2) is 4.98 Å². The molecule has 0 spiro atoms. The van der Waals surface area contributed by atoms with E-state index in [1.807, 2.05) is 12.5 Å². The molecule has 3 rings (SSSR count). The summed E-state index contributed by atoms with van der Waals surface area (Å²) in [7, 11) is 0. The van der Waals surface area contributed by atoms with Crippen molar-refractivity contribution >= 4 is 0 Å². The van der Waals surface area contributed by atoms with E-state index in [1.54, 1.807) is 0 Å². The molecule has 2 aliphatic rings. The van der Waals surface area contributed by atoms with Crippen LogP contribution in [0.5, 0.6) is 0 Å². The summed E-state index contributed by atoms with van der Waals surface area (Å²) in [5.74, 6) is 0. The summed E-state index contributed by atoms with van der Waals surface area (Å²) < 4.78 is 2.18. The standard InChI is InChI=1S/C14H24N4/c1-2-7-18(10-9-17-8-6-15-12-17)14(3-1)11-16-13-4-5-13/h6,8,12-14,16H,1-5,7,9-11H2. The molecular weight excluding hydrogens is 224 g/mol. The molecule has 2 heterocycles. The number of piperidine rings is 1. The van der Waals surface area contributed by atoms with Gasteiger partial charge in [-0.15, -0.1) is 0 Å². The number of imidazole rings is 1. The van der Waals surface area contributed by atoms with Crippen molar-refractivity contribution < 1.29 is 0 Å². The van der Waals surface area contributed by atoms with Crippen molar-refractivity contribution in [1.82, 2.24) is 19.8 Å². The van der Waals surface area contributed by atoms with Crippen LogP contribution in [0.2, 0.25) is 0 Å². The zero-order valence-corrected chi connectivity index (χ0v) is 11.1. The third-order valence-electron chi connectivity index (χ3n) is 4.17. The summed E-state index contributed by atoms with van der Waals surface area (Å²) >= 11 is 0. The van der Waals surface area contributed by atoms with Crippen LogP contribution in [-0.2, 0) is 6.54 Å². The number of hydrogen-bond acceptors (Lipinski definition) is 3. The molecule has 2 fully saturated rings. The van der Waals surface area contributed by atoms with E-state index in [9.17, 15) is 0 Å². The molecule has 4 nitrogen and oxygen atoms in total. The monoisotopic (exact) mass is 248 g/mol. The van der Waals surface area contributed by atoms with Gasteiger partial charge in [0, 0.05) is 44.1 Å². The molecule has 1 saturated heterocycles. The van der Waals surface area contributed by atoms with Crippen LogP contribution in [0.3, 0.4) is 0 Å². The van der Waals surface area contributed by atoms with E-state index in [2.05, 4.69) is 26.0 Å². The Morgan fingerprint density at radius 1 is 1.17 bits per heavy atom. The predicted molar refractivity (Wildman–Crippen MR) is 72.5 cm³/mol. The van der Waals surface area contributed by atoms with Gasteiger partial charge in [-0.05, 0) is 32.2 Å². The first-order chi connectivity index (χ1) is 8.92. The fourth-order valence-electron chi connectivity index (χ4n) is 2.84. The average molecular weight is 248 g/mol. The summed E-state index contributed by atoms with van der Waals surface area (Å²) in [6.45, 7) is 4.69. The van der Waals surface area contributed by atoms with Gasteiger partial charge in [-0.1, -0.05) is 6.42 Å². The van der Waals surface area contributed by atoms with E-state index in [0.717, 1.165) is 25.2 Å². The molecule has 1 aliphatic heterocycles. The highest BCUT2D eigenvalue weighted by Crippen LogP contribution is 2.21. The van der Waals surface area contributed by atoms with Gasteiger partial charge in [0.15, 0.2) is 0 Å². The van der Waals surface area contributed by atoms with Crippen LogP contribution in [0.1, 0.15) is 32.1 Å². The first-order valence-corrected chi connectivity index (χ1v) is 7.35. The lowest BCUT2D eigenvalue weighted by Gasteiger charge is -2.36. The Morgan fingerprint density at radius 3 is 2.89 bits per heavy atom. The maximum Gasteiger partial charge on any atom is 0.0946 e. The van der Waals surface area contributed by atoms with Crippen LogP contribution in [0.25, 0.3) is 0 Å². The molecule has 0 amide bonds. The highest BCUT2D eigenvalue weighted by atomic mass is 15.2. The van der Waals surface area contributed by atoms with Crippen molar-refractivity contribution in [3.05, 3.63) is 18.7 Å². The zero-order valence-electron chi connectivity index (χ0n) is 11.1. The van der Waals surface area contributed by atoms with E-state index in [-0.39, 0.29) is 0 Å². The number of nitrogens with one attached hydrogen (secondary N) is 1. The van der Waals surface area contributed by atoms with E-state index in [0.29, 0.717) is 0 Å². The summed E-state index contributed by atoms with van der Waals surface area (Å²) in [6.07, 6.45) is 12.8. The summed E-state index contributed by atoms with van der Waals surface area (Å²) in [6, 6.07) is 1.59. The van der Waals surface area contributed by atoms with Crippen molar-refractivity contribution in [1.29, 1.82) is 0 Å². The smallest absolute Gasteiger partial charge is 0.0946 e. The molecule has 1 unspecified atom stereocenters.